The van der Waals surface area contributed by atoms with E-state index in [-0.39, 0.29) is 0 Å². The fraction of sp³-hybridized carbons (Fsp3) is 0.526. The van der Waals surface area contributed by atoms with Gasteiger partial charge in [0.15, 0.2) is 5.82 Å². The van der Waals surface area contributed by atoms with E-state index in [4.69, 9.17) is 11.6 Å². The third kappa shape index (κ3) is 4.55. The Bertz CT molecular complexity index is 776. The van der Waals surface area contributed by atoms with Crippen molar-refractivity contribution in [2.75, 3.05) is 0 Å². The first-order chi connectivity index (χ1) is 11.9. The highest BCUT2D eigenvalue weighted by atomic mass is 35.5. The first-order valence-electron chi connectivity index (χ1n) is 8.62. The lowest BCUT2D eigenvalue weighted by Crippen LogP contribution is -2.57. The first-order valence-corrected chi connectivity index (χ1v) is 9.00. The summed E-state index contributed by atoms with van der Waals surface area (Å²) in [6.07, 6.45) is -0.291. The number of carbonyl (C=O) groups is 1. The number of nitrogens with zero attached hydrogens (tertiary/aromatic N) is 4. The number of carboxylic acid groups (broad SMARTS) is 1. The van der Waals surface area contributed by atoms with E-state index < -0.39 is 17.2 Å². The van der Waals surface area contributed by atoms with Crippen LogP contribution in [0.15, 0.2) is 24.3 Å². The quantitative estimate of drug-likeness (QED) is 0.806. The monoisotopic (exact) mass is 378 g/mol. The summed E-state index contributed by atoms with van der Waals surface area (Å²) in [6.45, 7) is 12.1. The number of amides is 1. The largest absolute Gasteiger partial charge is 0.465 e. The molecule has 142 valence electrons. The smallest absolute Gasteiger partial charge is 0.408 e. The normalized spacial score (nSPS) is 12.3. The Kier molecular flexibility index (Phi) is 5.66. The highest BCUT2D eigenvalue weighted by molar-refractivity contribution is 6.30. The predicted molar refractivity (Wildman–Crippen MR) is 104 cm³/mol. The topological polar surface area (TPSA) is 71.2 Å². The second-order valence-corrected chi connectivity index (χ2v) is 8.50. The molecule has 1 amide bonds. The molecule has 0 aliphatic carbocycles. The van der Waals surface area contributed by atoms with Crippen molar-refractivity contribution < 1.29 is 9.90 Å². The minimum absolute atomic E-state index is 0.485. The molecule has 2 rings (SSSR count). The van der Waals surface area contributed by atoms with Crippen LogP contribution in [0.3, 0.4) is 0 Å². The summed E-state index contributed by atoms with van der Waals surface area (Å²) in [7, 11) is 0. The third-order valence-electron chi connectivity index (χ3n) is 4.36. The van der Waals surface area contributed by atoms with Gasteiger partial charge in [0.05, 0.1) is 0 Å². The van der Waals surface area contributed by atoms with Crippen LogP contribution in [-0.4, -0.2) is 41.9 Å². The van der Waals surface area contributed by atoms with E-state index >= 15 is 0 Å². The molecule has 0 spiro atoms. The van der Waals surface area contributed by atoms with Gasteiger partial charge in [-0.15, -0.1) is 0 Å². The van der Waals surface area contributed by atoms with Crippen molar-refractivity contribution in [2.45, 2.75) is 65.6 Å². The van der Waals surface area contributed by atoms with Gasteiger partial charge in [-0.3, -0.25) is 4.90 Å². The summed E-state index contributed by atoms with van der Waals surface area (Å²) in [5, 5.41) is 14.9. The van der Waals surface area contributed by atoms with Crippen LogP contribution in [0.25, 0.3) is 11.4 Å². The van der Waals surface area contributed by atoms with Crippen molar-refractivity contribution in [3.63, 3.8) is 0 Å². The number of rotatable bonds is 5. The third-order valence-corrected chi connectivity index (χ3v) is 4.61. The highest BCUT2D eigenvalue weighted by Gasteiger charge is 2.38. The van der Waals surface area contributed by atoms with Crippen molar-refractivity contribution in [1.82, 2.24) is 19.7 Å². The number of benzene rings is 1. The van der Waals surface area contributed by atoms with Crippen LogP contribution < -0.4 is 0 Å². The Balaban J connectivity index is 2.18. The van der Waals surface area contributed by atoms with Gasteiger partial charge < -0.3 is 5.11 Å². The molecule has 0 unspecified atom stereocenters. The molecule has 0 radical (unpaired) electrons. The van der Waals surface area contributed by atoms with Crippen LogP contribution in [0.5, 0.6) is 0 Å². The Morgan fingerprint density at radius 2 is 1.77 bits per heavy atom. The summed E-state index contributed by atoms with van der Waals surface area (Å²) in [6, 6.07) is 7.39. The number of aryl methyl sites for hydroxylation is 2. The molecule has 2 aromatic rings. The molecule has 0 bridgehead atoms. The highest BCUT2D eigenvalue weighted by Crippen LogP contribution is 2.29. The summed E-state index contributed by atoms with van der Waals surface area (Å²) >= 11 is 5.93. The van der Waals surface area contributed by atoms with E-state index in [2.05, 4.69) is 10.1 Å². The summed E-state index contributed by atoms with van der Waals surface area (Å²) in [5.74, 6) is 1.44. The second-order valence-electron chi connectivity index (χ2n) is 8.06. The van der Waals surface area contributed by atoms with Crippen LogP contribution in [0.2, 0.25) is 5.02 Å². The van der Waals surface area contributed by atoms with Crippen molar-refractivity contribution >= 4 is 17.7 Å². The van der Waals surface area contributed by atoms with E-state index in [1.54, 1.807) is 0 Å². The summed E-state index contributed by atoms with van der Waals surface area (Å²) < 4.78 is 1.83. The van der Waals surface area contributed by atoms with Crippen LogP contribution in [-0.2, 0) is 6.54 Å². The molecule has 1 N–H and O–H groups in total. The molecule has 0 saturated heterocycles. The van der Waals surface area contributed by atoms with E-state index in [9.17, 15) is 9.90 Å². The summed E-state index contributed by atoms with van der Waals surface area (Å²) in [4.78, 5) is 17.8. The van der Waals surface area contributed by atoms with Crippen LogP contribution in [0.1, 0.15) is 46.9 Å². The van der Waals surface area contributed by atoms with Gasteiger partial charge in [0.2, 0.25) is 0 Å². The molecule has 0 aliphatic heterocycles. The molecule has 26 heavy (non-hydrogen) atoms. The lowest BCUT2D eigenvalue weighted by Gasteiger charge is -2.45. The van der Waals surface area contributed by atoms with E-state index in [0.29, 0.717) is 23.8 Å². The maximum Gasteiger partial charge on any atom is 0.408 e. The molecule has 0 saturated carbocycles. The number of halogens is 1. The fourth-order valence-electron chi connectivity index (χ4n) is 3.30. The number of aromatic nitrogens is 3. The second kappa shape index (κ2) is 7.27. The summed E-state index contributed by atoms with van der Waals surface area (Å²) in [5.41, 5.74) is -0.123. The van der Waals surface area contributed by atoms with Crippen molar-refractivity contribution in [3.8, 4) is 11.4 Å². The van der Waals surface area contributed by atoms with Gasteiger partial charge in [-0.1, -0.05) is 11.6 Å². The Morgan fingerprint density at radius 1 is 1.19 bits per heavy atom. The zero-order valence-electron chi connectivity index (χ0n) is 16.2. The maximum atomic E-state index is 11.8. The van der Waals surface area contributed by atoms with Crippen molar-refractivity contribution in [1.29, 1.82) is 0 Å². The molecule has 0 aliphatic rings. The number of hydrogen-bond donors (Lipinski definition) is 1. The van der Waals surface area contributed by atoms with Gasteiger partial charge in [-0.05, 0) is 72.2 Å². The van der Waals surface area contributed by atoms with Gasteiger partial charge in [-0.2, -0.15) is 5.10 Å². The zero-order chi connectivity index (χ0) is 19.7. The lowest BCUT2D eigenvalue weighted by molar-refractivity contribution is 0.0266. The van der Waals surface area contributed by atoms with Crippen LogP contribution in [0.4, 0.5) is 4.79 Å². The average molecular weight is 379 g/mol. The predicted octanol–water partition coefficient (Wildman–Crippen LogP) is 4.85. The molecular weight excluding hydrogens is 352 g/mol. The zero-order valence-corrected chi connectivity index (χ0v) is 17.0. The SMILES string of the molecule is Cc1nc(-c2ccc(Cl)cc2)nn1CCC(C)(C)N(C(=O)O)C(C)(C)C. The average Bonchev–Trinajstić information content (AvgIpc) is 2.84. The number of hydrogen-bond acceptors (Lipinski definition) is 3. The van der Waals surface area contributed by atoms with Gasteiger partial charge in [0.1, 0.15) is 5.82 Å². The van der Waals surface area contributed by atoms with Crippen molar-refractivity contribution in [2.24, 2.45) is 0 Å². The van der Waals surface area contributed by atoms with Crippen LogP contribution >= 0.6 is 11.6 Å². The standard InChI is InChI=1S/C19H27ClN4O2/c1-13-21-16(14-7-9-15(20)10-8-14)22-23(13)12-11-19(5,6)24(17(25)26)18(2,3)4/h7-10H,11-12H2,1-6H3,(H,25,26). The molecule has 6 nitrogen and oxygen atoms in total. The molecule has 0 fully saturated rings. The van der Waals surface area contributed by atoms with Gasteiger partial charge >= 0.3 is 6.09 Å². The maximum absolute atomic E-state index is 11.8. The van der Waals surface area contributed by atoms with Crippen LogP contribution in [0, 0.1) is 6.92 Å². The molecular formula is C19H27ClN4O2. The molecule has 1 aromatic heterocycles. The first kappa shape index (κ1) is 20.2. The molecule has 7 heteroatoms. The minimum atomic E-state index is -0.917. The minimum Gasteiger partial charge on any atom is -0.465 e. The van der Waals surface area contributed by atoms with E-state index in [1.165, 1.54) is 4.90 Å². The van der Waals surface area contributed by atoms with E-state index in [0.717, 1.165) is 11.4 Å². The van der Waals surface area contributed by atoms with Gasteiger partial charge in [-0.25, -0.2) is 14.5 Å². The molecule has 1 heterocycles. The Hall–Kier alpha value is -2.08. The van der Waals surface area contributed by atoms with Gasteiger partial charge in [0, 0.05) is 28.2 Å². The molecule has 0 atom stereocenters. The lowest BCUT2D eigenvalue weighted by atomic mass is 9.92. The Labute approximate surface area is 159 Å². The fourth-order valence-corrected chi connectivity index (χ4v) is 3.42. The Morgan fingerprint density at radius 3 is 2.27 bits per heavy atom. The van der Waals surface area contributed by atoms with E-state index in [1.807, 2.05) is 70.5 Å². The van der Waals surface area contributed by atoms with Crippen molar-refractivity contribution in [3.05, 3.63) is 35.1 Å². The van der Waals surface area contributed by atoms with Gasteiger partial charge in [0.25, 0.3) is 0 Å². The molecule has 1 aromatic carbocycles.